The Bertz CT molecular complexity index is 297. The summed E-state index contributed by atoms with van der Waals surface area (Å²) >= 11 is 0. The van der Waals surface area contributed by atoms with Crippen molar-refractivity contribution in [1.82, 2.24) is 4.98 Å². The molecule has 1 heterocycles. The van der Waals surface area contributed by atoms with Crippen molar-refractivity contribution < 1.29 is 4.74 Å². The Morgan fingerprint density at radius 1 is 1.40 bits per heavy atom. The monoisotopic (exact) mass is 230 g/mol. The van der Waals surface area contributed by atoms with E-state index in [4.69, 9.17) is 10.5 Å². The molecular formula is C11H19ClN2O. The highest BCUT2D eigenvalue weighted by Gasteiger charge is 2.11. The van der Waals surface area contributed by atoms with E-state index in [0.29, 0.717) is 19.0 Å². The van der Waals surface area contributed by atoms with Crippen LogP contribution in [-0.4, -0.2) is 11.6 Å². The van der Waals surface area contributed by atoms with Crippen molar-refractivity contribution in [2.75, 3.05) is 6.61 Å². The molecule has 0 unspecified atom stereocenters. The van der Waals surface area contributed by atoms with Crippen molar-refractivity contribution in [1.29, 1.82) is 0 Å². The summed E-state index contributed by atoms with van der Waals surface area (Å²) in [5, 5.41) is 0. The fourth-order valence-corrected chi connectivity index (χ4v) is 0.947. The second-order valence-corrected chi connectivity index (χ2v) is 4.56. The zero-order chi connectivity index (χ0) is 10.6. The van der Waals surface area contributed by atoms with Gasteiger partial charge in [0.25, 0.3) is 0 Å². The van der Waals surface area contributed by atoms with Gasteiger partial charge in [-0.2, -0.15) is 0 Å². The Labute approximate surface area is 97.4 Å². The molecule has 3 nitrogen and oxygen atoms in total. The molecule has 0 fully saturated rings. The minimum Gasteiger partial charge on any atom is -0.477 e. The number of hydrogen-bond acceptors (Lipinski definition) is 3. The van der Waals surface area contributed by atoms with Gasteiger partial charge in [-0.15, -0.1) is 12.4 Å². The molecule has 1 rings (SSSR count). The summed E-state index contributed by atoms with van der Waals surface area (Å²) in [6, 6.07) is 3.77. The van der Waals surface area contributed by atoms with Crippen molar-refractivity contribution in [3.8, 4) is 5.88 Å². The summed E-state index contributed by atoms with van der Waals surface area (Å²) in [5.41, 5.74) is 6.72. The average Bonchev–Trinajstić information content (AvgIpc) is 2.14. The lowest BCUT2D eigenvalue weighted by Crippen LogP contribution is -2.17. The normalized spacial score (nSPS) is 10.7. The van der Waals surface area contributed by atoms with E-state index < -0.39 is 0 Å². The van der Waals surface area contributed by atoms with Gasteiger partial charge in [0.2, 0.25) is 5.88 Å². The quantitative estimate of drug-likeness (QED) is 0.868. The molecule has 0 atom stereocenters. The maximum Gasteiger partial charge on any atom is 0.213 e. The predicted octanol–water partition coefficient (Wildman–Crippen LogP) is 2.39. The van der Waals surface area contributed by atoms with Crippen molar-refractivity contribution in [3.05, 3.63) is 23.9 Å². The molecule has 0 bridgehead atoms. The molecule has 0 radical (unpaired) electrons. The predicted molar refractivity (Wildman–Crippen MR) is 64.3 cm³/mol. The van der Waals surface area contributed by atoms with Crippen molar-refractivity contribution in [2.45, 2.75) is 27.3 Å². The number of hydrogen-bond donors (Lipinski definition) is 1. The summed E-state index contributed by atoms with van der Waals surface area (Å²) < 4.78 is 5.55. The summed E-state index contributed by atoms with van der Waals surface area (Å²) in [6.07, 6.45) is 1.72. The molecule has 0 spiro atoms. The first kappa shape index (κ1) is 14.2. The van der Waals surface area contributed by atoms with Crippen LogP contribution in [0.5, 0.6) is 5.88 Å². The lowest BCUT2D eigenvalue weighted by molar-refractivity contribution is 0.191. The van der Waals surface area contributed by atoms with Crippen LogP contribution in [0.1, 0.15) is 26.3 Å². The standard InChI is InChI=1S/C11H18N2O.ClH/c1-11(2,3)8-14-10-6-9(7-12)4-5-13-10;/h4-6H,7-8,12H2,1-3H3;1H. The van der Waals surface area contributed by atoms with Crippen LogP contribution in [0.2, 0.25) is 0 Å². The molecule has 0 saturated heterocycles. The van der Waals surface area contributed by atoms with Crippen LogP contribution in [0.3, 0.4) is 0 Å². The number of halogens is 1. The Hall–Kier alpha value is -0.800. The van der Waals surface area contributed by atoms with Gasteiger partial charge >= 0.3 is 0 Å². The summed E-state index contributed by atoms with van der Waals surface area (Å²) in [4.78, 5) is 4.11. The van der Waals surface area contributed by atoms with Gasteiger partial charge in [-0.3, -0.25) is 0 Å². The third-order valence-corrected chi connectivity index (χ3v) is 1.69. The van der Waals surface area contributed by atoms with Crippen molar-refractivity contribution in [2.24, 2.45) is 11.1 Å². The van der Waals surface area contributed by atoms with Gasteiger partial charge in [-0.1, -0.05) is 20.8 Å². The van der Waals surface area contributed by atoms with Gasteiger partial charge in [0.15, 0.2) is 0 Å². The molecule has 86 valence electrons. The molecule has 0 aromatic carbocycles. The summed E-state index contributed by atoms with van der Waals surface area (Å²) in [7, 11) is 0. The SMILES string of the molecule is CC(C)(C)COc1cc(CN)ccn1.Cl. The van der Waals surface area contributed by atoms with Gasteiger partial charge in [-0.05, 0) is 17.0 Å². The van der Waals surface area contributed by atoms with Gasteiger partial charge < -0.3 is 10.5 Å². The molecule has 15 heavy (non-hydrogen) atoms. The first-order valence-corrected chi connectivity index (χ1v) is 4.79. The minimum atomic E-state index is 0. The van der Waals surface area contributed by atoms with Crippen LogP contribution in [0, 0.1) is 5.41 Å². The zero-order valence-corrected chi connectivity index (χ0v) is 10.3. The maximum atomic E-state index is 5.55. The van der Waals surface area contributed by atoms with E-state index in [9.17, 15) is 0 Å². The highest BCUT2D eigenvalue weighted by Crippen LogP contribution is 2.16. The van der Waals surface area contributed by atoms with Crippen molar-refractivity contribution >= 4 is 12.4 Å². The molecule has 1 aromatic rings. The first-order chi connectivity index (χ1) is 6.51. The lowest BCUT2D eigenvalue weighted by Gasteiger charge is -2.18. The third-order valence-electron chi connectivity index (χ3n) is 1.69. The molecular weight excluding hydrogens is 212 g/mol. The zero-order valence-electron chi connectivity index (χ0n) is 9.49. The van der Waals surface area contributed by atoms with Crippen LogP contribution in [0.25, 0.3) is 0 Å². The van der Waals surface area contributed by atoms with E-state index in [1.165, 1.54) is 0 Å². The fourth-order valence-electron chi connectivity index (χ4n) is 0.947. The molecule has 0 amide bonds. The lowest BCUT2D eigenvalue weighted by atomic mass is 9.99. The number of ether oxygens (including phenoxy) is 1. The van der Waals surface area contributed by atoms with Crippen LogP contribution in [0.15, 0.2) is 18.3 Å². The van der Waals surface area contributed by atoms with Crippen LogP contribution in [0.4, 0.5) is 0 Å². The Morgan fingerprint density at radius 2 is 2.07 bits per heavy atom. The van der Waals surface area contributed by atoms with E-state index in [1.54, 1.807) is 6.20 Å². The van der Waals surface area contributed by atoms with E-state index in [2.05, 4.69) is 25.8 Å². The average molecular weight is 231 g/mol. The van der Waals surface area contributed by atoms with Gasteiger partial charge in [-0.25, -0.2) is 4.98 Å². The number of pyridine rings is 1. The van der Waals surface area contributed by atoms with Gasteiger partial charge in [0, 0.05) is 18.8 Å². The smallest absolute Gasteiger partial charge is 0.213 e. The fraction of sp³-hybridized carbons (Fsp3) is 0.545. The van der Waals surface area contributed by atoms with E-state index in [1.807, 2.05) is 12.1 Å². The highest BCUT2D eigenvalue weighted by molar-refractivity contribution is 5.85. The minimum absolute atomic E-state index is 0. The molecule has 0 aliphatic carbocycles. The first-order valence-electron chi connectivity index (χ1n) is 4.79. The largest absolute Gasteiger partial charge is 0.477 e. The van der Waals surface area contributed by atoms with E-state index >= 15 is 0 Å². The maximum absolute atomic E-state index is 5.55. The van der Waals surface area contributed by atoms with E-state index in [0.717, 1.165) is 5.56 Å². The Morgan fingerprint density at radius 3 is 2.60 bits per heavy atom. The molecule has 0 aliphatic rings. The third kappa shape index (κ3) is 5.60. The van der Waals surface area contributed by atoms with Crippen molar-refractivity contribution in [3.63, 3.8) is 0 Å². The Balaban J connectivity index is 0.00000196. The number of nitrogens with two attached hydrogens (primary N) is 1. The Kier molecular flexibility index (Phi) is 5.61. The number of aromatic nitrogens is 1. The summed E-state index contributed by atoms with van der Waals surface area (Å²) in [5.74, 6) is 0.655. The molecule has 1 aromatic heterocycles. The molecule has 2 N–H and O–H groups in total. The van der Waals surface area contributed by atoms with Gasteiger partial charge in [0.1, 0.15) is 0 Å². The number of nitrogens with zero attached hydrogens (tertiary/aromatic N) is 1. The summed E-state index contributed by atoms with van der Waals surface area (Å²) in [6.45, 7) is 7.56. The van der Waals surface area contributed by atoms with Crippen LogP contribution in [-0.2, 0) is 6.54 Å². The van der Waals surface area contributed by atoms with Crippen LogP contribution >= 0.6 is 12.4 Å². The molecule has 0 saturated carbocycles. The number of rotatable bonds is 3. The van der Waals surface area contributed by atoms with Gasteiger partial charge in [0.05, 0.1) is 6.61 Å². The van der Waals surface area contributed by atoms with Crippen LogP contribution < -0.4 is 10.5 Å². The highest BCUT2D eigenvalue weighted by atomic mass is 35.5. The second-order valence-electron chi connectivity index (χ2n) is 4.56. The second kappa shape index (κ2) is 5.93. The topological polar surface area (TPSA) is 48.1 Å². The molecule has 0 aliphatic heterocycles. The van der Waals surface area contributed by atoms with E-state index in [-0.39, 0.29) is 17.8 Å². The molecule has 4 heteroatoms.